The lowest BCUT2D eigenvalue weighted by atomic mass is 10.0. The lowest BCUT2D eigenvalue weighted by molar-refractivity contribution is 0.0955. The second kappa shape index (κ2) is 10.6. The third-order valence-corrected chi connectivity index (χ3v) is 5.38. The van der Waals surface area contributed by atoms with Crippen molar-refractivity contribution in [3.8, 4) is 0 Å². The summed E-state index contributed by atoms with van der Waals surface area (Å²) in [4.78, 5) is 37.8. The predicted molar refractivity (Wildman–Crippen MR) is 121 cm³/mol. The zero-order valence-electron chi connectivity index (χ0n) is 17.0. The summed E-state index contributed by atoms with van der Waals surface area (Å²) in [7, 11) is 0. The lowest BCUT2D eigenvalue weighted by Gasteiger charge is -2.25. The Hall–Kier alpha value is -2.35. The van der Waals surface area contributed by atoms with Gasteiger partial charge in [0.15, 0.2) is 0 Å². The van der Waals surface area contributed by atoms with Crippen LogP contribution in [0.1, 0.15) is 52.1 Å². The van der Waals surface area contributed by atoms with Crippen molar-refractivity contribution in [2.45, 2.75) is 32.7 Å². The number of rotatable bonds is 5. The van der Waals surface area contributed by atoms with Crippen molar-refractivity contribution < 1.29 is 9.59 Å². The molecule has 9 heteroatoms. The number of aryl methyl sites for hydroxylation is 1. The number of hydrogen-bond donors (Lipinski definition) is 3. The predicted octanol–water partition coefficient (Wildman–Crippen LogP) is 3.16. The normalized spacial score (nSPS) is 14.0. The minimum atomic E-state index is -0.488. The maximum absolute atomic E-state index is 13.0. The topological polar surface area (TPSA) is 92.2 Å². The number of anilines is 1. The van der Waals surface area contributed by atoms with E-state index >= 15 is 0 Å². The van der Waals surface area contributed by atoms with Gasteiger partial charge in [-0.2, -0.15) is 0 Å². The van der Waals surface area contributed by atoms with E-state index in [-0.39, 0.29) is 40.5 Å². The number of hydrogen-bond acceptors (Lipinski definition) is 4. The Morgan fingerprint density at radius 1 is 1.20 bits per heavy atom. The molecule has 1 fully saturated rings. The Balaban J connectivity index is 0.00000320. The highest BCUT2D eigenvalue weighted by Crippen LogP contribution is 2.22. The molecule has 0 aliphatic carbocycles. The SMILES string of the molecule is CCNC(=O)c1ccc(NC(=O)c2c(C)ccn(C3CCNCC3)c2=O)cc1Cl.Cl. The molecule has 2 aromatic rings. The standard InChI is InChI=1S/C21H25ClN4O3.ClH/c1-3-24-19(27)16-5-4-14(12-17(16)22)25-20(28)18-13(2)8-11-26(21(18)29)15-6-9-23-10-7-15;/h4-5,8,11-12,15,23H,3,6-7,9-10H2,1-2H3,(H,24,27)(H,25,28);1H. The van der Waals surface area contributed by atoms with E-state index in [4.69, 9.17) is 11.6 Å². The first kappa shape index (κ1) is 23.9. The molecule has 7 nitrogen and oxygen atoms in total. The molecule has 0 radical (unpaired) electrons. The van der Waals surface area contributed by atoms with Gasteiger partial charge in [0, 0.05) is 24.5 Å². The van der Waals surface area contributed by atoms with Crippen molar-refractivity contribution in [1.82, 2.24) is 15.2 Å². The molecule has 1 saturated heterocycles. The fourth-order valence-corrected chi connectivity index (χ4v) is 3.78. The lowest BCUT2D eigenvalue weighted by Crippen LogP contribution is -2.37. The zero-order chi connectivity index (χ0) is 21.0. The summed E-state index contributed by atoms with van der Waals surface area (Å²) >= 11 is 6.19. The Morgan fingerprint density at radius 2 is 1.90 bits per heavy atom. The Bertz CT molecular complexity index is 985. The van der Waals surface area contributed by atoms with Gasteiger partial charge in [-0.25, -0.2) is 0 Å². The molecule has 2 heterocycles. The van der Waals surface area contributed by atoms with Gasteiger partial charge >= 0.3 is 0 Å². The minimum absolute atomic E-state index is 0. The highest BCUT2D eigenvalue weighted by atomic mass is 35.5. The molecule has 1 aromatic carbocycles. The van der Waals surface area contributed by atoms with Crippen LogP contribution in [0.25, 0.3) is 0 Å². The molecule has 2 amide bonds. The minimum Gasteiger partial charge on any atom is -0.352 e. The average molecular weight is 453 g/mol. The Morgan fingerprint density at radius 3 is 2.53 bits per heavy atom. The Kier molecular flexibility index (Phi) is 8.46. The number of nitrogens with one attached hydrogen (secondary N) is 3. The van der Waals surface area contributed by atoms with Crippen molar-refractivity contribution in [3.05, 3.63) is 62.5 Å². The number of piperidine rings is 1. The van der Waals surface area contributed by atoms with Crippen molar-refractivity contribution in [2.75, 3.05) is 25.0 Å². The van der Waals surface area contributed by atoms with E-state index in [1.54, 1.807) is 35.9 Å². The van der Waals surface area contributed by atoms with Gasteiger partial charge in [0.25, 0.3) is 17.4 Å². The van der Waals surface area contributed by atoms with Crippen LogP contribution >= 0.6 is 24.0 Å². The molecule has 0 spiro atoms. The number of benzene rings is 1. The quantitative estimate of drug-likeness (QED) is 0.649. The van der Waals surface area contributed by atoms with Crippen LogP contribution in [0.15, 0.2) is 35.3 Å². The number of pyridine rings is 1. The monoisotopic (exact) mass is 452 g/mol. The first-order valence-corrected chi connectivity index (χ1v) is 10.1. The van der Waals surface area contributed by atoms with Crippen molar-refractivity contribution in [2.24, 2.45) is 0 Å². The fourth-order valence-electron chi connectivity index (χ4n) is 3.52. The molecule has 0 saturated carbocycles. The second-order valence-corrected chi connectivity index (χ2v) is 7.48. The molecule has 3 rings (SSSR count). The van der Waals surface area contributed by atoms with Crippen molar-refractivity contribution in [3.63, 3.8) is 0 Å². The summed E-state index contributed by atoms with van der Waals surface area (Å²) in [6.07, 6.45) is 3.46. The number of carbonyl (C=O) groups is 2. The summed E-state index contributed by atoms with van der Waals surface area (Å²) in [5, 5.41) is 8.91. The van der Waals surface area contributed by atoms with E-state index in [9.17, 15) is 14.4 Å². The fraction of sp³-hybridized carbons (Fsp3) is 0.381. The van der Waals surface area contributed by atoms with E-state index in [1.165, 1.54) is 6.07 Å². The highest BCUT2D eigenvalue weighted by Gasteiger charge is 2.21. The van der Waals surface area contributed by atoms with Crippen molar-refractivity contribution in [1.29, 1.82) is 0 Å². The van der Waals surface area contributed by atoms with Crippen LogP contribution in [0.5, 0.6) is 0 Å². The summed E-state index contributed by atoms with van der Waals surface area (Å²) in [5.74, 6) is -0.767. The number of carbonyl (C=O) groups excluding carboxylic acids is 2. The molecule has 1 aliphatic rings. The number of halogens is 2. The average Bonchev–Trinajstić information content (AvgIpc) is 2.69. The highest BCUT2D eigenvalue weighted by molar-refractivity contribution is 6.34. The number of nitrogens with zero attached hydrogens (tertiary/aromatic N) is 1. The van der Waals surface area contributed by atoms with Crippen LogP contribution in [0, 0.1) is 6.92 Å². The molecular weight excluding hydrogens is 427 g/mol. The molecule has 1 aliphatic heterocycles. The maximum atomic E-state index is 13.0. The van der Waals surface area contributed by atoms with Crippen molar-refractivity contribution >= 4 is 41.5 Å². The van der Waals surface area contributed by atoms with E-state index in [0.29, 0.717) is 23.4 Å². The van der Waals surface area contributed by atoms with Crippen LogP contribution in [0.4, 0.5) is 5.69 Å². The maximum Gasteiger partial charge on any atom is 0.263 e. The van der Waals surface area contributed by atoms with Gasteiger partial charge in [-0.3, -0.25) is 14.4 Å². The first-order valence-electron chi connectivity index (χ1n) is 9.74. The van der Waals surface area contributed by atoms with Gasteiger partial charge < -0.3 is 20.5 Å². The smallest absolute Gasteiger partial charge is 0.263 e. The second-order valence-electron chi connectivity index (χ2n) is 7.08. The van der Waals surface area contributed by atoms with Crippen LogP contribution in [-0.4, -0.2) is 36.0 Å². The van der Waals surface area contributed by atoms with Crippen LogP contribution in [0.3, 0.4) is 0 Å². The van der Waals surface area contributed by atoms with Crippen LogP contribution in [0.2, 0.25) is 5.02 Å². The molecule has 3 N–H and O–H groups in total. The summed E-state index contributed by atoms with van der Waals surface area (Å²) < 4.78 is 1.66. The van der Waals surface area contributed by atoms with Crippen LogP contribution < -0.4 is 21.5 Å². The molecule has 0 atom stereocenters. The number of amides is 2. The van der Waals surface area contributed by atoms with Gasteiger partial charge in [0.05, 0.1) is 10.6 Å². The first-order chi connectivity index (χ1) is 13.9. The van der Waals surface area contributed by atoms with Gasteiger partial charge in [0.2, 0.25) is 0 Å². The molecule has 162 valence electrons. The van der Waals surface area contributed by atoms with E-state index in [2.05, 4.69) is 16.0 Å². The molecule has 1 aromatic heterocycles. The van der Waals surface area contributed by atoms with E-state index in [0.717, 1.165) is 25.9 Å². The van der Waals surface area contributed by atoms with Gasteiger partial charge in [-0.05, 0) is 69.6 Å². The molecule has 0 unspecified atom stereocenters. The van der Waals surface area contributed by atoms with Gasteiger partial charge in [-0.1, -0.05) is 11.6 Å². The summed E-state index contributed by atoms with van der Waals surface area (Å²) in [5.41, 5.74) is 1.19. The van der Waals surface area contributed by atoms with E-state index < -0.39 is 5.91 Å². The molecule has 0 bridgehead atoms. The largest absolute Gasteiger partial charge is 0.352 e. The third-order valence-electron chi connectivity index (χ3n) is 5.07. The Labute approximate surface area is 186 Å². The molecular formula is C21H26Cl2N4O3. The summed E-state index contributed by atoms with van der Waals surface area (Å²) in [6.45, 7) is 5.75. The van der Waals surface area contributed by atoms with Gasteiger partial charge in [0.1, 0.15) is 5.56 Å². The van der Waals surface area contributed by atoms with Crippen LogP contribution in [-0.2, 0) is 0 Å². The summed E-state index contributed by atoms with van der Waals surface area (Å²) in [6, 6.07) is 6.53. The molecule has 30 heavy (non-hydrogen) atoms. The third kappa shape index (κ3) is 5.22. The van der Waals surface area contributed by atoms with E-state index in [1.807, 2.05) is 6.92 Å². The zero-order valence-corrected chi connectivity index (χ0v) is 18.5. The number of aromatic nitrogens is 1. The van der Waals surface area contributed by atoms with Gasteiger partial charge in [-0.15, -0.1) is 12.4 Å².